The summed E-state index contributed by atoms with van der Waals surface area (Å²) in [7, 11) is 1.62. The molecule has 0 aliphatic carbocycles. The molecule has 2 heterocycles. The Morgan fingerprint density at radius 3 is 2.41 bits per heavy atom. The molecule has 27 heavy (non-hydrogen) atoms. The van der Waals surface area contributed by atoms with Crippen LogP contribution in [-0.2, 0) is 16.1 Å². The quantitative estimate of drug-likeness (QED) is 0.821. The van der Waals surface area contributed by atoms with Gasteiger partial charge < -0.3 is 14.7 Å². The summed E-state index contributed by atoms with van der Waals surface area (Å²) in [4.78, 5) is 27.0. The summed E-state index contributed by atoms with van der Waals surface area (Å²) in [6, 6.07) is 6.91. The highest BCUT2D eigenvalue weighted by molar-refractivity contribution is 5.76. The number of aromatic nitrogens is 2. The number of methoxy groups -OCH3 is 1. The number of hydrogen-bond acceptors (Lipinski definition) is 5. The van der Waals surface area contributed by atoms with Gasteiger partial charge in [-0.05, 0) is 17.7 Å². The molecule has 0 saturated carbocycles. The number of piperazine rings is 1. The van der Waals surface area contributed by atoms with Gasteiger partial charge in [0, 0.05) is 44.9 Å². The molecule has 1 N–H and O–H groups in total. The molecule has 3 rings (SSSR count). The van der Waals surface area contributed by atoms with Crippen molar-refractivity contribution in [2.45, 2.75) is 19.5 Å². The standard InChI is InChI=1S/C19H24N4O4/c1-14(24)21-7-9-22(10-8-21)18(19(25)26)16-11-20-23(13-16)12-15-3-5-17(27-2)6-4-15/h3-6,11,13,18H,7-10,12H2,1-2H3,(H,25,26). The molecule has 1 aromatic carbocycles. The van der Waals surface area contributed by atoms with E-state index in [1.54, 1.807) is 29.1 Å². The van der Waals surface area contributed by atoms with Crippen LogP contribution in [0.4, 0.5) is 0 Å². The van der Waals surface area contributed by atoms with Crippen molar-refractivity contribution in [3.05, 3.63) is 47.8 Å². The van der Waals surface area contributed by atoms with Crippen LogP contribution in [0, 0.1) is 0 Å². The molecule has 1 aromatic heterocycles. The highest BCUT2D eigenvalue weighted by atomic mass is 16.5. The van der Waals surface area contributed by atoms with Gasteiger partial charge in [-0.1, -0.05) is 12.1 Å². The summed E-state index contributed by atoms with van der Waals surface area (Å²) in [5.74, 6) is -0.0975. The molecule has 1 saturated heterocycles. The summed E-state index contributed by atoms with van der Waals surface area (Å²) in [5.41, 5.74) is 1.69. The first kappa shape index (κ1) is 18.9. The third-order valence-corrected chi connectivity index (χ3v) is 4.83. The number of ether oxygens (including phenoxy) is 1. The normalized spacial score (nSPS) is 16.1. The van der Waals surface area contributed by atoms with E-state index in [0.717, 1.165) is 11.3 Å². The number of nitrogens with zero attached hydrogens (tertiary/aromatic N) is 4. The van der Waals surface area contributed by atoms with Crippen LogP contribution < -0.4 is 4.74 Å². The summed E-state index contributed by atoms with van der Waals surface area (Å²) >= 11 is 0. The molecule has 0 spiro atoms. The van der Waals surface area contributed by atoms with E-state index in [2.05, 4.69) is 5.10 Å². The molecule has 0 radical (unpaired) electrons. The smallest absolute Gasteiger partial charge is 0.325 e. The van der Waals surface area contributed by atoms with Gasteiger partial charge in [-0.15, -0.1) is 0 Å². The molecule has 8 heteroatoms. The Balaban J connectivity index is 1.70. The molecule has 1 aliphatic rings. The van der Waals surface area contributed by atoms with Crippen molar-refractivity contribution < 1.29 is 19.4 Å². The highest BCUT2D eigenvalue weighted by Gasteiger charge is 2.31. The number of benzene rings is 1. The van der Waals surface area contributed by atoms with Gasteiger partial charge in [0.25, 0.3) is 0 Å². The van der Waals surface area contributed by atoms with Crippen LogP contribution >= 0.6 is 0 Å². The third kappa shape index (κ3) is 4.46. The maximum atomic E-state index is 11.9. The number of carbonyl (C=O) groups is 2. The molecule has 1 atom stereocenters. The van der Waals surface area contributed by atoms with Crippen LogP contribution in [0.15, 0.2) is 36.7 Å². The second-order valence-electron chi connectivity index (χ2n) is 6.60. The molecule has 0 bridgehead atoms. The van der Waals surface area contributed by atoms with Crippen LogP contribution in [0.1, 0.15) is 24.1 Å². The minimum absolute atomic E-state index is 0.0221. The number of carboxylic acid groups (broad SMARTS) is 1. The number of aliphatic carboxylic acids is 1. The van der Waals surface area contributed by atoms with Crippen LogP contribution in [0.25, 0.3) is 0 Å². The lowest BCUT2D eigenvalue weighted by atomic mass is 10.1. The molecule has 1 fully saturated rings. The van der Waals surface area contributed by atoms with Gasteiger partial charge in [0.05, 0.1) is 19.9 Å². The first-order chi connectivity index (χ1) is 13.0. The zero-order chi connectivity index (χ0) is 19.4. The molecule has 144 valence electrons. The van der Waals surface area contributed by atoms with Crippen molar-refractivity contribution in [3.63, 3.8) is 0 Å². The van der Waals surface area contributed by atoms with Crippen molar-refractivity contribution in [3.8, 4) is 5.75 Å². The molecule has 1 unspecified atom stereocenters. The van der Waals surface area contributed by atoms with E-state index in [-0.39, 0.29) is 5.91 Å². The van der Waals surface area contributed by atoms with Gasteiger partial charge in [-0.3, -0.25) is 19.2 Å². The van der Waals surface area contributed by atoms with E-state index in [0.29, 0.717) is 38.3 Å². The number of amides is 1. The van der Waals surface area contributed by atoms with E-state index in [1.165, 1.54) is 6.92 Å². The van der Waals surface area contributed by atoms with Gasteiger partial charge >= 0.3 is 5.97 Å². The first-order valence-corrected chi connectivity index (χ1v) is 8.85. The van der Waals surface area contributed by atoms with E-state index in [4.69, 9.17) is 4.74 Å². The average molecular weight is 372 g/mol. The molecule has 2 aromatic rings. The number of hydrogen-bond donors (Lipinski definition) is 1. The Morgan fingerprint density at radius 1 is 1.19 bits per heavy atom. The minimum Gasteiger partial charge on any atom is -0.497 e. The first-order valence-electron chi connectivity index (χ1n) is 8.85. The van der Waals surface area contributed by atoms with Crippen LogP contribution in [0.3, 0.4) is 0 Å². The van der Waals surface area contributed by atoms with E-state index < -0.39 is 12.0 Å². The summed E-state index contributed by atoms with van der Waals surface area (Å²) in [6.45, 7) is 4.22. The van der Waals surface area contributed by atoms with Crippen molar-refractivity contribution in [2.24, 2.45) is 0 Å². The monoisotopic (exact) mass is 372 g/mol. The van der Waals surface area contributed by atoms with Crippen LogP contribution in [0.5, 0.6) is 5.75 Å². The van der Waals surface area contributed by atoms with Gasteiger partial charge in [-0.2, -0.15) is 5.10 Å². The molecule has 1 aliphatic heterocycles. The Labute approximate surface area is 157 Å². The van der Waals surface area contributed by atoms with Crippen molar-refractivity contribution >= 4 is 11.9 Å². The Kier molecular flexibility index (Phi) is 5.75. The maximum Gasteiger partial charge on any atom is 0.325 e. The van der Waals surface area contributed by atoms with Gasteiger partial charge in [0.2, 0.25) is 5.91 Å². The Bertz CT molecular complexity index is 794. The van der Waals surface area contributed by atoms with Gasteiger partial charge in [0.1, 0.15) is 11.8 Å². The Hall–Kier alpha value is -2.87. The molecule has 1 amide bonds. The minimum atomic E-state index is -0.907. The fourth-order valence-electron chi connectivity index (χ4n) is 3.33. The van der Waals surface area contributed by atoms with E-state index in [1.807, 2.05) is 29.2 Å². The molecular formula is C19H24N4O4. The van der Waals surface area contributed by atoms with Gasteiger partial charge in [-0.25, -0.2) is 0 Å². The zero-order valence-electron chi connectivity index (χ0n) is 15.5. The summed E-state index contributed by atoms with van der Waals surface area (Å²) in [6.07, 6.45) is 3.39. The largest absolute Gasteiger partial charge is 0.497 e. The van der Waals surface area contributed by atoms with Crippen molar-refractivity contribution in [2.75, 3.05) is 33.3 Å². The average Bonchev–Trinajstić information content (AvgIpc) is 3.10. The van der Waals surface area contributed by atoms with Crippen LogP contribution in [-0.4, -0.2) is 69.9 Å². The lowest BCUT2D eigenvalue weighted by Crippen LogP contribution is -2.50. The lowest BCUT2D eigenvalue weighted by molar-refractivity contribution is -0.145. The topological polar surface area (TPSA) is 87.9 Å². The third-order valence-electron chi connectivity index (χ3n) is 4.83. The number of rotatable bonds is 6. The molecular weight excluding hydrogens is 348 g/mol. The highest BCUT2D eigenvalue weighted by Crippen LogP contribution is 2.23. The van der Waals surface area contributed by atoms with Crippen LogP contribution in [0.2, 0.25) is 0 Å². The number of carboxylic acids is 1. The maximum absolute atomic E-state index is 11.9. The van der Waals surface area contributed by atoms with E-state index >= 15 is 0 Å². The predicted molar refractivity (Wildman–Crippen MR) is 98.5 cm³/mol. The molecule has 8 nitrogen and oxygen atoms in total. The van der Waals surface area contributed by atoms with Crippen molar-refractivity contribution in [1.82, 2.24) is 19.6 Å². The predicted octanol–water partition coefficient (Wildman–Crippen LogP) is 1.23. The Morgan fingerprint density at radius 2 is 1.85 bits per heavy atom. The van der Waals surface area contributed by atoms with Crippen molar-refractivity contribution in [1.29, 1.82) is 0 Å². The number of carbonyl (C=O) groups excluding carboxylic acids is 1. The fraction of sp³-hybridized carbons (Fsp3) is 0.421. The SMILES string of the molecule is COc1ccc(Cn2cc(C(C(=O)O)N3CCN(C(C)=O)CC3)cn2)cc1. The second-order valence-corrected chi connectivity index (χ2v) is 6.60. The van der Waals surface area contributed by atoms with Gasteiger partial charge in [0.15, 0.2) is 0 Å². The summed E-state index contributed by atoms with van der Waals surface area (Å²) < 4.78 is 6.89. The summed E-state index contributed by atoms with van der Waals surface area (Å²) in [5, 5.41) is 14.1. The van der Waals surface area contributed by atoms with E-state index in [9.17, 15) is 14.7 Å². The lowest BCUT2D eigenvalue weighted by Gasteiger charge is -2.37. The second kappa shape index (κ2) is 8.22. The fourth-order valence-corrected chi connectivity index (χ4v) is 3.33. The zero-order valence-corrected chi connectivity index (χ0v) is 15.5.